The molecule has 0 aliphatic heterocycles. The summed E-state index contributed by atoms with van der Waals surface area (Å²) in [7, 11) is 0. The smallest absolute Gasteiger partial charge is 0.240 e. The fourth-order valence-corrected chi connectivity index (χ4v) is 1.76. The van der Waals surface area contributed by atoms with Crippen LogP contribution < -0.4 is 10.2 Å². The Hall–Kier alpha value is -1.84. The Bertz CT molecular complexity index is 438. The van der Waals surface area contributed by atoms with E-state index < -0.39 is 0 Å². The lowest BCUT2D eigenvalue weighted by Crippen LogP contribution is -2.18. The van der Waals surface area contributed by atoms with E-state index in [4.69, 9.17) is 4.74 Å². The van der Waals surface area contributed by atoms with Gasteiger partial charge in [-0.25, -0.2) is 5.43 Å². The van der Waals surface area contributed by atoms with Crippen molar-refractivity contribution >= 4 is 11.6 Å². The predicted octanol–water partition coefficient (Wildman–Crippen LogP) is 3.51. The molecule has 1 aromatic rings. The first kappa shape index (κ1) is 16.2. The highest BCUT2D eigenvalue weighted by Gasteiger charge is 2.01. The number of rotatable bonds is 8. The van der Waals surface area contributed by atoms with Crippen LogP contribution in [0.5, 0.6) is 5.75 Å². The van der Waals surface area contributed by atoms with E-state index in [2.05, 4.69) is 17.5 Å². The highest BCUT2D eigenvalue weighted by atomic mass is 16.5. The van der Waals surface area contributed by atoms with Crippen LogP contribution in [0.2, 0.25) is 0 Å². The minimum atomic E-state index is -0.0243. The van der Waals surface area contributed by atoms with Gasteiger partial charge in [0, 0.05) is 6.42 Å². The van der Waals surface area contributed by atoms with Crippen LogP contribution in [0.1, 0.15) is 52.0 Å². The van der Waals surface area contributed by atoms with Crippen LogP contribution in [-0.4, -0.2) is 18.2 Å². The Morgan fingerprint density at radius 3 is 2.50 bits per heavy atom. The minimum Gasteiger partial charge on any atom is -0.494 e. The van der Waals surface area contributed by atoms with E-state index in [1.807, 2.05) is 38.1 Å². The fraction of sp³-hybridized carbons (Fsp3) is 0.500. The van der Waals surface area contributed by atoms with E-state index in [0.717, 1.165) is 36.3 Å². The molecule has 4 nitrogen and oxygen atoms in total. The van der Waals surface area contributed by atoms with Gasteiger partial charge in [0.2, 0.25) is 5.91 Å². The van der Waals surface area contributed by atoms with Gasteiger partial charge in [-0.15, -0.1) is 0 Å². The number of benzene rings is 1. The van der Waals surface area contributed by atoms with E-state index >= 15 is 0 Å². The SMILES string of the molecule is CCCCCC(=O)N/N=C(/C)c1ccc(OCC)cc1. The molecule has 1 amide bonds. The maximum absolute atomic E-state index is 11.6. The number of carbonyl (C=O) groups excluding carboxylic acids is 1. The molecule has 0 heterocycles. The average molecular weight is 276 g/mol. The first-order valence-corrected chi connectivity index (χ1v) is 7.23. The maximum Gasteiger partial charge on any atom is 0.240 e. The van der Waals surface area contributed by atoms with Crippen LogP contribution in [0.15, 0.2) is 29.4 Å². The van der Waals surface area contributed by atoms with Crippen LogP contribution in [0, 0.1) is 0 Å². The van der Waals surface area contributed by atoms with Crippen molar-refractivity contribution in [2.75, 3.05) is 6.61 Å². The zero-order valence-electron chi connectivity index (χ0n) is 12.6. The molecule has 0 fully saturated rings. The quantitative estimate of drug-likeness (QED) is 0.449. The molecule has 0 spiro atoms. The van der Waals surface area contributed by atoms with Crippen molar-refractivity contribution in [2.24, 2.45) is 5.10 Å². The molecule has 110 valence electrons. The third-order valence-electron chi connectivity index (χ3n) is 2.94. The van der Waals surface area contributed by atoms with Crippen LogP contribution in [0.4, 0.5) is 0 Å². The Labute approximate surface area is 121 Å². The highest BCUT2D eigenvalue weighted by molar-refractivity contribution is 5.99. The van der Waals surface area contributed by atoms with E-state index in [0.29, 0.717) is 13.0 Å². The number of amides is 1. The Kier molecular flexibility index (Phi) is 7.40. The molecule has 0 unspecified atom stereocenters. The number of ether oxygens (including phenoxy) is 1. The van der Waals surface area contributed by atoms with E-state index in [9.17, 15) is 4.79 Å². The lowest BCUT2D eigenvalue weighted by Gasteiger charge is -2.05. The van der Waals surface area contributed by atoms with Crippen molar-refractivity contribution < 1.29 is 9.53 Å². The molecule has 0 atom stereocenters. The lowest BCUT2D eigenvalue weighted by atomic mass is 10.1. The summed E-state index contributed by atoms with van der Waals surface area (Å²) in [6.07, 6.45) is 3.64. The standard InChI is InChI=1S/C16H24N2O2/c1-4-6-7-8-16(19)18-17-13(3)14-9-11-15(12-10-14)20-5-2/h9-12H,4-8H2,1-3H3,(H,18,19)/b17-13-. The van der Waals surface area contributed by atoms with Crippen LogP contribution in [-0.2, 0) is 4.79 Å². The third-order valence-corrected chi connectivity index (χ3v) is 2.94. The number of unbranched alkanes of at least 4 members (excludes halogenated alkanes) is 2. The molecule has 0 bridgehead atoms. The summed E-state index contributed by atoms with van der Waals surface area (Å²) in [5.74, 6) is 0.816. The van der Waals surface area contributed by atoms with Crippen LogP contribution >= 0.6 is 0 Å². The summed E-state index contributed by atoms with van der Waals surface area (Å²) in [5.41, 5.74) is 4.36. The van der Waals surface area contributed by atoms with Gasteiger partial charge >= 0.3 is 0 Å². The van der Waals surface area contributed by atoms with Gasteiger partial charge in [0.1, 0.15) is 5.75 Å². The van der Waals surface area contributed by atoms with Gasteiger partial charge in [-0.3, -0.25) is 4.79 Å². The van der Waals surface area contributed by atoms with E-state index in [1.165, 1.54) is 0 Å². The minimum absolute atomic E-state index is 0.0243. The number of hydrogen-bond acceptors (Lipinski definition) is 3. The summed E-state index contributed by atoms with van der Waals surface area (Å²) in [6.45, 7) is 6.60. The van der Waals surface area contributed by atoms with Crippen molar-refractivity contribution in [3.05, 3.63) is 29.8 Å². The van der Waals surface area contributed by atoms with E-state index in [1.54, 1.807) is 0 Å². The molecule has 4 heteroatoms. The molecular weight excluding hydrogens is 252 g/mol. The molecule has 20 heavy (non-hydrogen) atoms. The van der Waals surface area contributed by atoms with Crippen LogP contribution in [0.3, 0.4) is 0 Å². The number of carbonyl (C=O) groups is 1. The number of nitrogens with one attached hydrogen (secondary N) is 1. The van der Waals surface area contributed by atoms with Gasteiger partial charge in [0.05, 0.1) is 12.3 Å². The largest absolute Gasteiger partial charge is 0.494 e. The van der Waals surface area contributed by atoms with Crippen LogP contribution in [0.25, 0.3) is 0 Å². The Balaban J connectivity index is 2.49. The molecule has 1 aromatic carbocycles. The zero-order valence-corrected chi connectivity index (χ0v) is 12.6. The number of hydrazone groups is 1. The fourth-order valence-electron chi connectivity index (χ4n) is 1.76. The third kappa shape index (κ3) is 5.87. The Morgan fingerprint density at radius 1 is 1.20 bits per heavy atom. The van der Waals surface area contributed by atoms with Crippen molar-refractivity contribution in [2.45, 2.75) is 46.5 Å². The highest BCUT2D eigenvalue weighted by Crippen LogP contribution is 2.12. The average Bonchev–Trinajstić information content (AvgIpc) is 2.46. The van der Waals surface area contributed by atoms with Gasteiger partial charge in [-0.2, -0.15) is 5.10 Å². The van der Waals surface area contributed by atoms with Gasteiger partial charge < -0.3 is 4.74 Å². The van der Waals surface area contributed by atoms with Crippen molar-refractivity contribution in [1.29, 1.82) is 0 Å². The van der Waals surface area contributed by atoms with Gasteiger partial charge in [-0.05, 0) is 50.1 Å². The summed E-state index contributed by atoms with van der Waals surface area (Å²) in [4.78, 5) is 11.6. The first-order chi connectivity index (χ1) is 9.67. The lowest BCUT2D eigenvalue weighted by molar-refractivity contribution is -0.121. The van der Waals surface area contributed by atoms with Crippen molar-refractivity contribution in [3.8, 4) is 5.75 Å². The predicted molar refractivity (Wildman–Crippen MR) is 82.1 cm³/mol. The van der Waals surface area contributed by atoms with Gasteiger partial charge in [-0.1, -0.05) is 19.8 Å². The second-order valence-electron chi connectivity index (χ2n) is 4.65. The summed E-state index contributed by atoms with van der Waals surface area (Å²) < 4.78 is 5.38. The Morgan fingerprint density at radius 2 is 1.90 bits per heavy atom. The molecule has 0 aliphatic carbocycles. The molecule has 1 rings (SSSR count). The normalized spacial score (nSPS) is 11.2. The molecule has 0 radical (unpaired) electrons. The molecule has 0 saturated carbocycles. The summed E-state index contributed by atoms with van der Waals surface area (Å²) >= 11 is 0. The van der Waals surface area contributed by atoms with E-state index in [-0.39, 0.29) is 5.91 Å². The van der Waals surface area contributed by atoms with Crippen molar-refractivity contribution in [1.82, 2.24) is 5.43 Å². The number of nitrogens with zero attached hydrogens (tertiary/aromatic N) is 1. The topological polar surface area (TPSA) is 50.7 Å². The monoisotopic (exact) mass is 276 g/mol. The second kappa shape index (κ2) is 9.13. The summed E-state index contributed by atoms with van der Waals surface area (Å²) in [5, 5.41) is 4.13. The molecule has 0 aromatic heterocycles. The number of hydrogen-bond donors (Lipinski definition) is 1. The van der Waals surface area contributed by atoms with Crippen molar-refractivity contribution in [3.63, 3.8) is 0 Å². The maximum atomic E-state index is 11.6. The molecule has 0 aliphatic rings. The first-order valence-electron chi connectivity index (χ1n) is 7.23. The summed E-state index contributed by atoms with van der Waals surface area (Å²) in [6, 6.07) is 7.68. The zero-order chi connectivity index (χ0) is 14.8. The van der Waals surface area contributed by atoms with Gasteiger partial charge in [0.15, 0.2) is 0 Å². The molecule has 1 N–H and O–H groups in total. The molecule has 0 saturated heterocycles. The second-order valence-corrected chi connectivity index (χ2v) is 4.65. The van der Waals surface area contributed by atoms with Gasteiger partial charge in [0.25, 0.3) is 0 Å². The molecular formula is C16H24N2O2.